The Labute approximate surface area is 164 Å². The number of hydrogen-bond donors (Lipinski definition) is 1. The number of amides is 2. The Balaban J connectivity index is 1.57. The molecule has 0 aliphatic carbocycles. The van der Waals surface area contributed by atoms with E-state index in [0.717, 1.165) is 18.6 Å². The third-order valence-electron chi connectivity index (χ3n) is 4.33. The summed E-state index contributed by atoms with van der Waals surface area (Å²) in [6.07, 6.45) is -3.37. The van der Waals surface area contributed by atoms with E-state index in [4.69, 9.17) is 4.74 Å². The van der Waals surface area contributed by atoms with Crippen molar-refractivity contribution in [3.05, 3.63) is 59.7 Å². The van der Waals surface area contributed by atoms with E-state index in [1.54, 1.807) is 17.0 Å². The zero-order chi connectivity index (χ0) is 21.0. The van der Waals surface area contributed by atoms with E-state index in [1.807, 2.05) is 0 Å². The lowest BCUT2D eigenvalue weighted by molar-refractivity contribution is -0.137. The van der Waals surface area contributed by atoms with Crippen LogP contribution >= 0.6 is 0 Å². The van der Waals surface area contributed by atoms with Gasteiger partial charge in [-0.3, -0.25) is 9.59 Å². The van der Waals surface area contributed by atoms with Gasteiger partial charge in [0.05, 0.1) is 16.8 Å². The number of alkyl halides is 3. The first kappa shape index (κ1) is 20.4. The summed E-state index contributed by atoms with van der Waals surface area (Å²) in [7, 11) is 0. The van der Waals surface area contributed by atoms with Gasteiger partial charge in [0.15, 0.2) is 6.61 Å². The fraction of sp³-hybridized carbons (Fsp3) is 0.250. The van der Waals surface area contributed by atoms with E-state index in [9.17, 15) is 27.6 Å². The summed E-state index contributed by atoms with van der Waals surface area (Å²) in [6.45, 7) is -0.125. The molecule has 0 unspecified atom stereocenters. The number of ether oxygens (including phenoxy) is 1. The first-order chi connectivity index (χ1) is 13.8. The van der Waals surface area contributed by atoms with Crippen molar-refractivity contribution in [2.24, 2.45) is 0 Å². The van der Waals surface area contributed by atoms with Crippen molar-refractivity contribution in [3.63, 3.8) is 0 Å². The van der Waals surface area contributed by atoms with Crippen LogP contribution in [0.4, 0.5) is 24.5 Å². The van der Waals surface area contributed by atoms with Gasteiger partial charge < -0.3 is 15.0 Å². The van der Waals surface area contributed by atoms with Crippen LogP contribution in [0, 0.1) is 0 Å². The van der Waals surface area contributed by atoms with Crippen LogP contribution in [-0.4, -0.2) is 30.9 Å². The molecule has 9 heteroatoms. The lowest BCUT2D eigenvalue weighted by Crippen LogP contribution is -2.24. The highest BCUT2D eigenvalue weighted by Crippen LogP contribution is 2.34. The van der Waals surface area contributed by atoms with Crippen molar-refractivity contribution in [1.82, 2.24) is 0 Å². The average Bonchev–Trinajstić information content (AvgIpc) is 3.12. The second-order valence-corrected chi connectivity index (χ2v) is 6.36. The zero-order valence-electron chi connectivity index (χ0n) is 15.2. The minimum absolute atomic E-state index is 0.0103. The molecule has 29 heavy (non-hydrogen) atoms. The molecule has 1 heterocycles. The van der Waals surface area contributed by atoms with E-state index in [1.165, 1.54) is 24.3 Å². The largest absolute Gasteiger partial charge is 0.452 e. The molecule has 152 valence electrons. The van der Waals surface area contributed by atoms with Gasteiger partial charge in [0.2, 0.25) is 5.91 Å². The van der Waals surface area contributed by atoms with Gasteiger partial charge in [0.1, 0.15) is 0 Å². The van der Waals surface area contributed by atoms with Crippen molar-refractivity contribution in [1.29, 1.82) is 0 Å². The van der Waals surface area contributed by atoms with Gasteiger partial charge in [0, 0.05) is 18.7 Å². The highest BCUT2D eigenvalue weighted by Gasteiger charge is 2.33. The molecular weight excluding hydrogens is 389 g/mol. The summed E-state index contributed by atoms with van der Waals surface area (Å²) in [5, 5.41) is 2.09. The van der Waals surface area contributed by atoms with Crippen molar-refractivity contribution >= 4 is 29.2 Å². The predicted octanol–water partition coefficient (Wildman–Crippen LogP) is 3.63. The number of para-hydroxylation sites is 1. The van der Waals surface area contributed by atoms with E-state index in [0.29, 0.717) is 18.7 Å². The van der Waals surface area contributed by atoms with Gasteiger partial charge in [-0.1, -0.05) is 12.1 Å². The quantitative estimate of drug-likeness (QED) is 0.770. The summed E-state index contributed by atoms with van der Waals surface area (Å²) in [6, 6.07) is 10.6. The van der Waals surface area contributed by atoms with E-state index in [2.05, 4.69) is 5.32 Å². The Hall–Kier alpha value is -3.36. The SMILES string of the molecule is O=C(COC(=O)c1ccc(N2CCCC2=O)cc1)Nc1ccccc1C(F)(F)F. The molecule has 2 amide bonds. The number of rotatable bonds is 5. The summed E-state index contributed by atoms with van der Waals surface area (Å²) in [5.41, 5.74) is -0.596. The van der Waals surface area contributed by atoms with Crippen LogP contribution in [0.5, 0.6) is 0 Å². The second-order valence-electron chi connectivity index (χ2n) is 6.36. The highest BCUT2D eigenvalue weighted by atomic mass is 19.4. The Morgan fingerprint density at radius 2 is 1.76 bits per heavy atom. The number of nitrogens with zero attached hydrogens (tertiary/aromatic N) is 1. The molecule has 1 aliphatic rings. The van der Waals surface area contributed by atoms with Crippen molar-refractivity contribution in [3.8, 4) is 0 Å². The van der Waals surface area contributed by atoms with Gasteiger partial charge in [-0.2, -0.15) is 13.2 Å². The maximum Gasteiger partial charge on any atom is 0.418 e. The molecule has 3 rings (SSSR count). The summed E-state index contributed by atoms with van der Waals surface area (Å²) >= 11 is 0. The van der Waals surface area contributed by atoms with Crippen LogP contribution in [0.2, 0.25) is 0 Å². The number of carbonyl (C=O) groups excluding carboxylic acids is 3. The van der Waals surface area contributed by atoms with Crippen LogP contribution in [0.1, 0.15) is 28.8 Å². The van der Waals surface area contributed by atoms with Gasteiger partial charge in [-0.05, 0) is 42.8 Å². The summed E-state index contributed by atoms with van der Waals surface area (Å²) in [4.78, 5) is 37.3. The van der Waals surface area contributed by atoms with Crippen molar-refractivity contribution < 1.29 is 32.3 Å². The van der Waals surface area contributed by atoms with Crippen LogP contribution in [-0.2, 0) is 20.5 Å². The van der Waals surface area contributed by atoms with Crippen LogP contribution in [0.25, 0.3) is 0 Å². The number of nitrogens with one attached hydrogen (secondary N) is 1. The Kier molecular flexibility index (Phi) is 5.86. The fourth-order valence-corrected chi connectivity index (χ4v) is 2.94. The molecule has 1 saturated heterocycles. The average molecular weight is 406 g/mol. The van der Waals surface area contributed by atoms with E-state index in [-0.39, 0.29) is 11.5 Å². The lowest BCUT2D eigenvalue weighted by atomic mass is 10.1. The molecule has 0 radical (unpaired) electrons. The normalized spacial score (nSPS) is 14.0. The fourth-order valence-electron chi connectivity index (χ4n) is 2.94. The number of esters is 1. The van der Waals surface area contributed by atoms with Gasteiger partial charge in [-0.25, -0.2) is 4.79 Å². The summed E-state index contributed by atoms with van der Waals surface area (Å²) < 4.78 is 43.7. The molecule has 2 aromatic rings. The van der Waals surface area contributed by atoms with Gasteiger partial charge >= 0.3 is 12.1 Å². The zero-order valence-corrected chi connectivity index (χ0v) is 15.2. The van der Waals surface area contributed by atoms with Crippen molar-refractivity contribution in [2.45, 2.75) is 19.0 Å². The van der Waals surface area contributed by atoms with Crippen molar-refractivity contribution in [2.75, 3.05) is 23.4 Å². The number of anilines is 2. The minimum atomic E-state index is -4.63. The third-order valence-corrected chi connectivity index (χ3v) is 4.33. The first-order valence-corrected chi connectivity index (χ1v) is 8.79. The minimum Gasteiger partial charge on any atom is -0.452 e. The lowest BCUT2D eigenvalue weighted by Gasteiger charge is -2.15. The Bertz CT molecular complexity index is 926. The number of carbonyl (C=O) groups is 3. The molecular formula is C20H17F3N2O4. The number of halogens is 3. The van der Waals surface area contributed by atoms with E-state index < -0.39 is 35.9 Å². The van der Waals surface area contributed by atoms with Gasteiger partial charge in [-0.15, -0.1) is 0 Å². The molecule has 1 fully saturated rings. The Morgan fingerprint density at radius 1 is 1.07 bits per heavy atom. The topological polar surface area (TPSA) is 75.7 Å². The van der Waals surface area contributed by atoms with Crippen LogP contribution in [0.3, 0.4) is 0 Å². The second kappa shape index (κ2) is 8.34. The Morgan fingerprint density at radius 3 is 2.38 bits per heavy atom. The summed E-state index contributed by atoms with van der Waals surface area (Å²) in [5.74, 6) is -1.69. The molecule has 1 N–H and O–H groups in total. The van der Waals surface area contributed by atoms with Crippen LogP contribution < -0.4 is 10.2 Å². The first-order valence-electron chi connectivity index (χ1n) is 8.79. The third kappa shape index (κ3) is 4.92. The smallest absolute Gasteiger partial charge is 0.418 e. The molecule has 0 atom stereocenters. The molecule has 1 aliphatic heterocycles. The standard InChI is InChI=1S/C20H17F3N2O4/c21-20(22,23)15-4-1-2-5-16(15)24-17(26)12-29-19(28)13-7-9-14(10-8-13)25-11-3-6-18(25)27/h1-2,4-5,7-10H,3,6,11-12H2,(H,24,26). The molecule has 0 bridgehead atoms. The molecule has 0 saturated carbocycles. The van der Waals surface area contributed by atoms with Gasteiger partial charge in [0.25, 0.3) is 5.91 Å². The molecule has 0 aromatic heterocycles. The van der Waals surface area contributed by atoms with Crippen LogP contribution in [0.15, 0.2) is 48.5 Å². The van der Waals surface area contributed by atoms with E-state index >= 15 is 0 Å². The molecule has 0 spiro atoms. The maximum atomic E-state index is 12.9. The molecule has 6 nitrogen and oxygen atoms in total. The number of benzene rings is 2. The predicted molar refractivity (Wildman–Crippen MR) is 98.4 cm³/mol. The maximum absolute atomic E-state index is 12.9. The number of hydrogen-bond acceptors (Lipinski definition) is 4. The highest BCUT2D eigenvalue weighted by molar-refractivity contribution is 5.97. The monoisotopic (exact) mass is 406 g/mol. The molecule has 2 aromatic carbocycles.